The summed E-state index contributed by atoms with van der Waals surface area (Å²) in [7, 11) is -3.41. The van der Waals surface area contributed by atoms with Gasteiger partial charge in [-0.15, -0.1) is 0 Å². The zero-order valence-corrected chi connectivity index (χ0v) is 12.6. The zero-order chi connectivity index (χ0) is 15.3. The van der Waals surface area contributed by atoms with Gasteiger partial charge in [0.1, 0.15) is 0 Å². The molecule has 112 valence electrons. The largest absolute Gasteiger partial charge is 0.326 e. The number of hydrogen-bond donors (Lipinski definition) is 2. The van der Waals surface area contributed by atoms with Gasteiger partial charge in [0.15, 0.2) is 0 Å². The van der Waals surface area contributed by atoms with Crippen LogP contribution in [0, 0.1) is 6.92 Å². The average molecular weight is 306 g/mol. The Bertz CT molecular complexity index is 682. The van der Waals surface area contributed by atoms with Crippen LogP contribution in [0.1, 0.15) is 22.5 Å². The Morgan fingerprint density at radius 2 is 1.76 bits per heavy atom. The molecule has 2 aromatic rings. The summed E-state index contributed by atoms with van der Waals surface area (Å²) in [5.74, 6) is -0.0723. The van der Waals surface area contributed by atoms with E-state index in [1.807, 2.05) is 19.1 Å². The SMILES string of the molecule is Cc1cnc(CNS(=O)(=O)Cc2ccc(CN)cc2)cn1. The van der Waals surface area contributed by atoms with E-state index in [1.165, 1.54) is 0 Å². The quantitative estimate of drug-likeness (QED) is 0.825. The van der Waals surface area contributed by atoms with Gasteiger partial charge < -0.3 is 5.73 Å². The van der Waals surface area contributed by atoms with Crippen molar-refractivity contribution in [1.82, 2.24) is 14.7 Å². The summed E-state index contributed by atoms with van der Waals surface area (Å²) in [6.45, 7) is 2.40. The Kier molecular flexibility index (Phi) is 5.00. The van der Waals surface area contributed by atoms with Crippen molar-refractivity contribution in [1.29, 1.82) is 0 Å². The van der Waals surface area contributed by atoms with E-state index in [-0.39, 0.29) is 12.3 Å². The van der Waals surface area contributed by atoms with Crippen LogP contribution in [0.25, 0.3) is 0 Å². The van der Waals surface area contributed by atoms with E-state index in [9.17, 15) is 8.42 Å². The van der Waals surface area contributed by atoms with Crippen molar-refractivity contribution < 1.29 is 8.42 Å². The van der Waals surface area contributed by atoms with Crippen molar-refractivity contribution in [2.75, 3.05) is 0 Å². The maximum Gasteiger partial charge on any atom is 0.216 e. The van der Waals surface area contributed by atoms with E-state index in [0.717, 1.165) is 16.8 Å². The average Bonchev–Trinajstić information content (AvgIpc) is 2.47. The van der Waals surface area contributed by atoms with Crippen LogP contribution in [0.3, 0.4) is 0 Å². The van der Waals surface area contributed by atoms with E-state index in [4.69, 9.17) is 5.73 Å². The smallest absolute Gasteiger partial charge is 0.216 e. The Morgan fingerprint density at radius 1 is 1.10 bits per heavy atom. The Balaban J connectivity index is 1.96. The molecule has 0 bridgehead atoms. The number of nitrogens with zero attached hydrogens (tertiary/aromatic N) is 2. The summed E-state index contributed by atoms with van der Waals surface area (Å²) < 4.78 is 26.5. The van der Waals surface area contributed by atoms with Crippen molar-refractivity contribution in [2.45, 2.75) is 25.8 Å². The van der Waals surface area contributed by atoms with Gasteiger partial charge in [-0.3, -0.25) is 9.97 Å². The van der Waals surface area contributed by atoms with E-state index < -0.39 is 10.0 Å². The highest BCUT2D eigenvalue weighted by Crippen LogP contribution is 2.08. The predicted octanol–water partition coefficient (Wildman–Crippen LogP) is 0.863. The maximum atomic E-state index is 12.0. The standard InChI is InChI=1S/C14H18N4O2S/c1-11-7-17-14(8-16-11)9-18-21(19,20)10-13-4-2-12(6-15)3-5-13/h2-5,7-8,18H,6,9-10,15H2,1H3. The maximum absolute atomic E-state index is 12.0. The molecule has 1 aromatic heterocycles. The molecular formula is C14H18N4O2S. The third-order valence-corrected chi connectivity index (χ3v) is 4.22. The fourth-order valence-electron chi connectivity index (χ4n) is 1.74. The Morgan fingerprint density at radius 3 is 2.33 bits per heavy atom. The molecule has 0 saturated heterocycles. The fourth-order valence-corrected chi connectivity index (χ4v) is 2.84. The summed E-state index contributed by atoms with van der Waals surface area (Å²) >= 11 is 0. The van der Waals surface area contributed by atoms with Gasteiger partial charge in [0, 0.05) is 12.7 Å². The predicted molar refractivity (Wildman–Crippen MR) is 80.6 cm³/mol. The molecule has 0 unspecified atom stereocenters. The van der Waals surface area contributed by atoms with E-state index in [0.29, 0.717) is 12.2 Å². The lowest BCUT2D eigenvalue weighted by Gasteiger charge is -2.07. The number of rotatable bonds is 6. The van der Waals surface area contributed by atoms with Gasteiger partial charge in [-0.05, 0) is 18.1 Å². The first kappa shape index (κ1) is 15.6. The summed E-state index contributed by atoms with van der Waals surface area (Å²) in [6, 6.07) is 7.20. The molecule has 0 fully saturated rings. The van der Waals surface area contributed by atoms with E-state index in [1.54, 1.807) is 24.5 Å². The molecule has 0 radical (unpaired) electrons. The second kappa shape index (κ2) is 6.75. The van der Waals surface area contributed by atoms with E-state index >= 15 is 0 Å². The summed E-state index contributed by atoms with van der Waals surface area (Å²) in [5, 5.41) is 0. The summed E-state index contributed by atoms with van der Waals surface area (Å²) in [6.07, 6.45) is 3.17. The molecule has 7 heteroatoms. The van der Waals surface area contributed by atoms with Gasteiger partial charge in [0.05, 0.1) is 29.9 Å². The monoisotopic (exact) mass is 306 g/mol. The van der Waals surface area contributed by atoms with Crippen LogP contribution in [0.4, 0.5) is 0 Å². The lowest BCUT2D eigenvalue weighted by atomic mass is 10.1. The molecule has 0 aliphatic heterocycles. The number of aryl methyl sites for hydroxylation is 1. The number of hydrogen-bond acceptors (Lipinski definition) is 5. The Labute approximate surface area is 124 Å². The van der Waals surface area contributed by atoms with Gasteiger partial charge in [-0.2, -0.15) is 0 Å². The number of nitrogens with one attached hydrogen (secondary N) is 1. The highest BCUT2D eigenvalue weighted by Gasteiger charge is 2.11. The van der Waals surface area contributed by atoms with Gasteiger partial charge in [-0.1, -0.05) is 24.3 Å². The topological polar surface area (TPSA) is 98.0 Å². The minimum Gasteiger partial charge on any atom is -0.326 e. The van der Waals surface area contributed by atoms with Crippen LogP contribution in [-0.2, 0) is 28.9 Å². The fraction of sp³-hybridized carbons (Fsp3) is 0.286. The van der Waals surface area contributed by atoms with Crippen LogP contribution in [0.15, 0.2) is 36.7 Å². The molecule has 0 aliphatic carbocycles. The molecule has 3 N–H and O–H groups in total. The van der Waals surface area contributed by atoms with Crippen molar-refractivity contribution >= 4 is 10.0 Å². The van der Waals surface area contributed by atoms with Gasteiger partial charge in [0.2, 0.25) is 10.0 Å². The number of nitrogens with two attached hydrogens (primary N) is 1. The Hall–Kier alpha value is -1.83. The van der Waals surface area contributed by atoms with Gasteiger partial charge >= 0.3 is 0 Å². The molecule has 2 rings (SSSR count). The molecule has 1 aromatic carbocycles. The van der Waals surface area contributed by atoms with E-state index in [2.05, 4.69) is 14.7 Å². The van der Waals surface area contributed by atoms with Crippen LogP contribution in [0.2, 0.25) is 0 Å². The van der Waals surface area contributed by atoms with Gasteiger partial charge in [0.25, 0.3) is 0 Å². The van der Waals surface area contributed by atoms with Crippen LogP contribution < -0.4 is 10.5 Å². The molecule has 0 aliphatic rings. The summed E-state index contributed by atoms with van der Waals surface area (Å²) in [5.41, 5.74) is 8.57. The van der Waals surface area contributed by atoms with Crippen LogP contribution in [0.5, 0.6) is 0 Å². The second-order valence-corrected chi connectivity index (χ2v) is 6.56. The first-order valence-corrected chi connectivity index (χ1v) is 8.16. The molecular weight excluding hydrogens is 288 g/mol. The van der Waals surface area contributed by atoms with Gasteiger partial charge in [-0.25, -0.2) is 13.1 Å². The molecule has 0 saturated carbocycles. The van der Waals surface area contributed by atoms with Crippen molar-refractivity contribution in [3.8, 4) is 0 Å². The number of aromatic nitrogens is 2. The minimum absolute atomic E-state index is 0.0723. The third kappa shape index (κ3) is 4.89. The molecule has 21 heavy (non-hydrogen) atoms. The first-order chi connectivity index (χ1) is 9.98. The molecule has 0 atom stereocenters. The number of benzene rings is 1. The van der Waals surface area contributed by atoms with Crippen molar-refractivity contribution in [3.05, 3.63) is 59.2 Å². The first-order valence-electron chi connectivity index (χ1n) is 6.51. The highest BCUT2D eigenvalue weighted by atomic mass is 32.2. The summed E-state index contributed by atoms with van der Waals surface area (Å²) in [4.78, 5) is 8.18. The molecule has 6 nitrogen and oxygen atoms in total. The van der Waals surface area contributed by atoms with Crippen LogP contribution >= 0.6 is 0 Å². The highest BCUT2D eigenvalue weighted by molar-refractivity contribution is 7.88. The lowest BCUT2D eigenvalue weighted by Crippen LogP contribution is -2.25. The molecule has 0 amide bonds. The zero-order valence-electron chi connectivity index (χ0n) is 11.8. The lowest BCUT2D eigenvalue weighted by molar-refractivity contribution is 0.579. The second-order valence-electron chi connectivity index (χ2n) is 4.75. The third-order valence-electron chi connectivity index (χ3n) is 2.92. The number of sulfonamides is 1. The molecule has 1 heterocycles. The normalized spacial score (nSPS) is 11.5. The van der Waals surface area contributed by atoms with Crippen LogP contribution in [-0.4, -0.2) is 18.4 Å². The van der Waals surface area contributed by atoms with Crippen molar-refractivity contribution in [2.24, 2.45) is 5.73 Å². The molecule has 0 spiro atoms. The minimum atomic E-state index is -3.41. The van der Waals surface area contributed by atoms with Crippen molar-refractivity contribution in [3.63, 3.8) is 0 Å².